The van der Waals surface area contributed by atoms with Crippen LogP contribution >= 0.6 is 0 Å². The molecule has 92 valence electrons. The summed E-state index contributed by atoms with van der Waals surface area (Å²) in [6, 6.07) is 17.3. The Hall–Kier alpha value is -2.13. The van der Waals surface area contributed by atoms with Crippen LogP contribution in [0.25, 0.3) is 11.1 Å². The highest BCUT2D eigenvalue weighted by atomic mass is 14.4. The number of hydrogen-bond donors (Lipinski definition) is 0. The predicted octanol–water partition coefficient (Wildman–Crippen LogP) is 4.59. The Kier molecular flexibility index (Phi) is 2.64. The van der Waals surface area contributed by atoms with Crippen LogP contribution in [0.15, 0.2) is 48.5 Å². The van der Waals surface area contributed by atoms with Crippen LogP contribution in [-0.2, 0) is 5.41 Å². The van der Waals surface area contributed by atoms with Gasteiger partial charge in [-0.1, -0.05) is 24.1 Å². The summed E-state index contributed by atoms with van der Waals surface area (Å²) >= 11 is 0. The molecule has 19 heavy (non-hydrogen) atoms. The van der Waals surface area contributed by atoms with Gasteiger partial charge in [-0.2, -0.15) is 0 Å². The van der Waals surface area contributed by atoms with Crippen molar-refractivity contribution in [1.29, 1.82) is 0 Å². The van der Waals surface area contributed by atoms with Crippen LogP contribution in [0.1, 0.15) is 31.9 Å². The molecule has 2 aromatic rings. The first-order valence-corrected chi connectivity index (χ1v) is 6.65. The van der Waals surface area contributed by atoms with Crippen LogP contribution in [0.5, 0.6) is 0 Å². The molecule has 0 fully saturated rings. The minimum absolute atomic E-state index is 0.181. The molecule has 0 heterocycles. The van der Waals surface area contributed by atoms with Gasteiger partial charge in [-0.3, -0.25) is 0 Å². The fourth-order valence-corrected chi connectivity index (χ4v) is 3.08. The molecule has 0 saturated carbocycles. The van der Waals surface area contributed by atoms with Crippen LogP contribution in [0.3, 0.4) is 0 Å². The Morgan fingerprint density at radius 3 is 2.32 bits per heavy atom. The molecule has 0 heteroatoms. The lowest BCUT2D eigenvalue weighted by Crippen LogP contribution is -2.32. The van der Waals surface area contributed by atoms with Gasteiger partial charge in [-0.15, -0.1) is 5.92 Å². The van der Waals surface area contributed by atoms with E-state index < -0.39 is 0 Å². The van der Waals surface area contributed by atoms with Gasteiger partial charge in [0, 0.05) is 30.2 Å². The summed E-state index contributed by atoms with van der Waals surface area (Å²) < 4.78 is 0. The SMILES string of the molecule is CC#CC1(C)c2ccccc2-c2ccccc2[C+]1C. The van der Waals surface area contributed by atoms with Crippen molar-refractivity contribution in [2.45, 2.75) is 26.2 Å². The summed E-state index contributed by atoms with van der Waals surface area (Å²) in [6.45, 7) is 6.36. The molecule has 0 amide bonds. The number of rotatable bonds is 0. The van der Waals surface area contributed by atoms with E-state index >= 15 is 0 Å². The summed E-state index contributed by atoms with van der Waals surface area (Å²) in [5, 5.41) is 0. The predicted molar refractivity (Wildman–Crippen MR) is 80.7 cm³/mol. The van der Waals surface area contributed by atoms with Crippen molar-refractivity contribution in [3.05, 3.63) is 65.6 Å². The number of hydrogen-bond acceptors (Lipinski definition) is 0. The van der Waals surface area contributed by atoms with Crippen molar-refractivity contribution >= 4 is 0 Å². The van der Waals surface area contributed by atoms with E-state index in [1.165, 1.54) is 28.2 Å². The maximum atomic E-state index is 3.42. The fraction of sp³-hybridized carbons (Fsp3) is 0.211. The topological polar surface area (TPSA) is 0 Å². The van der Waals surface area contributed by atoms with E-state index in [0.717, 1.165) is 0 Å². The average molecular weight is 245 g/mol. The molecule has 1 unspecified atom stereocenters. The van der Waals surface area contributed by atoms with E-state index in [0.29, 0.717) is 0 Å². The van der Waals surface area contributed by atoms with Gasteiger partial charge < -0.3 is 0 Å². The second-order valence-corrected chi connectivity index (χ2v) is 5.22. The molecule has 0 nitrogen and oxygen atoms in total. The first-order valence-electron chi connectivity index (χ1n) is 6.65. The zero-order chi connectivity index (χ0) is 13.5. The molecular weight excluding hydrogens is 228 g/mol. The number of benzene rings is 2. The second kappa shape index (κ2) is 4.21. The van der Waals surface area contributed by atoms with Crippen molar-refractivity contribution in [3.63, 3.8) is 0 Å². The Bertz CT molecular complexity index is 684. The monoisotopic (exact) mass is 245 g/mol. The first kappa shape index (κ1) is 11.9. The summed E-state index contributed by atoms with van der Waals surface area (Å²) in [6.07, 6.45) is 0. The van der Waals surface area contributed by atoms with Crippen molar-refractivity contribution in [2.75, 3.05) is 0 Å². The molecule has 3 rings (SSSR count). The van der Waals surface area contributed by atoms with Gasteiger partial charge in [0.1, 0.15) is 11.0 Å². The summed E-state index contributed by atoms with van der Waals surface area (Å²) in [4.78, 5) is 0. The maximum Gasteiger partial charge on any atom is 0.142 e. The van der Waals surface area contributed by atoms with Gasteiger partial charge in [-0.25, -0.2) is 0 Å². The van der Waals surface area contributed by atoms with Crippen molar-refractivity contribution in [3.8, 4) is 23.0 Å². The van der Waals surface area contributed by atoms with Crippen LogP contribution in [0, 0.1) is 17.8 Å². The largest absolute Gasteiger partial charge is 0.142 e. The van der Waals surface area contributed by atoms with E-state index in [2.05, 4.69) is 74.2 Å². The van der Waals surface area contributed by atoms with Gasteiger partial charge in [0.05, 0.1) is 11.5 Å². The Balaban J connectivity index is 2.38. The first-order chi connectivity index (χ1) is 9.18. The van der Waals surface area contributed by atoms with Crippen molar-refractivity contribution in [2.24, 2.45) is 0 Å². The third-order valence-corrected chi connectivity index (χ3v) is 4.21. The Morgan fingerprint density at radius 1 is 0.947 bits per heavy atom. The molecule has 0 saturated heterocycles. The van der Waals surface area contributed by atoms with E-state index in [9.17, 15) is 0 Å². The third-order valence-electron chi connectivity index (χ3n) is 4.21. The Labute approximate surface area is 115 Å². The molecule has 0 aliphatic heterocycles. The standard InChI is InChI=1S/C19H17/c1-4-13-19(3)14(2)15-9-5-6-10-16(15)17-11-7-8-12-18(17)19/h5-12H,1-3H3/q+1. The van der Waals surface area contributed by atoms with Crippen LogP contribution in [-0.4, -0.2) is 0 Å². The highest BCUT2D eigenvalue weighted by molar-refractivity contribution is 5.80. The molecule has 2 aromatic carbocycles. The molecule has 1 aliphatic carbocycles. The number of fused-ring (bicyclic) bond motifs is 3. The minimum atomic E-state index is -0.181. The fourth-order valence-electron chi connectivity index (χ4n) is 3.08. The smallest absolute Gasteiger partial charge is 0.104 e. The second-order valence-electron chi connectivity index (χ2n) is 5.22. The highest BCUT2D eigenvalue weighted by Gasteiger charge is 2.45. The highest BCUT2D eigenvalue weighted by Crippen LogP contribution is 2.49. The van der Waals surface area contributed by atoms with E-state index in [4.69, 9.17) is 0 Å². The van der Waals surface area contributed by atoms with E-state index in [-0.39, 0.29) is 5.41 Å². The molecule has 0 spiro atoms. The normalized spacial score (nSPS) is 20.1. The zero-order valence-corrected chi connectivity index (χ0v) is 11.6. The lowest BCUT2D eigenvalue weighted by molar-refractivity contribution is 0.651. The molecule has 0 radical (unpaired) electrons. The summed E-state index contributed by atoms with van der Waals surface area (Å²) in [5.41, 5.74) is 5.10. The maximum absolute atomic E-state index is 3.42. The zero-order valence-electron chi connectivity index (χ0n) is 11.6. The molecule has 1 aliphatic rings. The average Bonchev–Trinajstić information content (AvgIpc) is 2.46. The van der Waals surface area contributed by atoms with Gasteiger partial charge in [0.25, 0.3) is 0 Å². The minimum Gasteiger partial charge on any atom is -0.104 e. The lowest BCUT2D eigenvalue weighted by atomic mass is 9.63. The summed E-state index contributed by atoms with van der Waals surface area (Å²) in [5.74, 6) is 7.87. The summed E-state index contributed by atoms with van der Waals surface area (Å²) in [7, 11) is 0. The van der Waals surface area contributed by atoms with Gasteiger partial charge in [0.15, 0.2) is 0 Å². The molecule has 1 atom stereocenters. The van der Waals surface area contributed by atoms with Crippen molar-refractivity contribution < 1.29 is 0 Å². The Morgan fingerprint density at radius 2 is 1.58 bits per heavy atom. The molecule has 0 aromatic heterocycles. The van der Waals surface area contributed by atoms with Crippen LogP contribution in [0.2, 0.25) is 0 Å². The molecule has 0 N–H and O–H groups in total. The quantitative estimate of drug-likeness (QED) is 0.470. The van der Waals surface area contributed by atoms with Crippen molar-refractivity contribution in [1.82, 2.24) is 0 Å². The van der Waals surface area contributed by atoms with E-state index in [1.807, 2.05) is 6.92 Å². The van der Waals surface area contributed by atoms with Crippen LogP contribution in [0.4, 0.5) is 0 Å². The van der Waals surface area contributed by atoms with Crippen LogP contribution < -0.4 is 0 Å². The van der Waals surface area contributed by atoms with E-state index in [1.54, 1.807) is 0 Å². The van der Waals surface area contributed by atoms with Gasteiger partial charge >= 0.3 is 0 Å². The third kappa shape index (κ3) is 1.59. The van der Waals surface area contributed by atoms with Gasteiger partial charge in [-0.05, 0) is 32.0 Å². The molecular formula is C19H17+. The lowest BCUT2D eigenvalue weighted by Gasteiger charge is -2.33. The molecule has 0 bridgehead atoms. The van der Waals surface area contributed by atoms with Gasteiger partial charge in [0.2, 0.25) is 0 Å².